The summed E-state index contributed by atoms with van der Waals surface area (Å²) < 4.78 is 50.8. The lowest BCUT2D eigenvalue weighted by molar-refractivity contribution is -0.117. The highest BCUT2D eigenvalue weighted by Gasteiger charge is 2.35. The summed E-state index contributed by atoms with van der Waals surface area (Å²) in [7, 11) is -4.09. The van der Waals surface area contributed by atoms with Gasteiger partial charge in [0.2, 0.25) is 5.91 Å². The van der Waals surface area contributed by atoms with Gasteiger partial charge in [-0.1, -0.05) is 6.07 Å². The average Bonchev–Trinajstić information content (AvgIpc) is 2.27. The molecule has 0 saturated carbocycles. The van der Waals surface area contributed by atoms with Crippen molar-refractivity contribution >= 4 is 15.7 Å². The summed E-state index contributed by atoms with van der Waals surface area (Å²) >= 11 is 0. The van der Waals surface area contributed by atoms with Gasteiger partial charge in [-0.15, -0.1) is 0 Å². The van der Waals surface area contributed by atoms with E-state index in [1.54, 1.807) is 0 Å². The highest BCUT2D eigenvalue weighted by molar-refractivity contribution is 7.93. The van der Waals surface area contributed by atoms with Crippen LogP contribution < -0.4 is 5.73 Å². The van der Waals surface area contributed by atoms with Gasteiger partial charge in [0, 0.05) is 5.56 Å². The molecular weight excluding hydrogens is 264 g/mol. The minimum absolute atomic E-state index is 0.578. The number of carbonyl (C=O) groups excluding carboxylic acids is 1. The number of rotatable bonds is 4. The van der Waals surface area contributed by atoms with Crippen LogP contribution in [0.25, 0.3) is 0 Å². The van der Waals surface area contributed by atoms with Crippen molar-refractivity contribution in [2.45, 2.75) is 24.3 Å². The van der Waals surface area contributed by atoms with E-state index in [-0.39, 0.29) is 0 Å². The zero-order valence-electron chi connectivity index (χ0n) is 9.85. The third-order valence-electron chi connectivity index (χ3n) is 2.79. The van der Waals surface area contributed by atoms with E-state index >= 15 is 0 Å². The second-order valence-electron chi connectivity index (χ2n) is 3.91. The van der Waals surface area contributed by atoms with Gasteiger partial charge in [0.25, 0.3) is 0 Å². The summed E-state index contributed by atoms with van der Waals surface area (Å²) in [5.41, 5.74) is 4.33. The number of hydrogen-bond donors (Lipinski definition) is 1. The van der Waals surface area contributed by atoms with Crippen molar-refractivity contribution in [2.24, 2.45) is 5.73 Å². The Morgan fingerprint density at radius 1 is 1.22 bits per heavy atom. The van der Waals surface area contributed by atoms with Crippen LogP contribution in [0, 0.1) is 11.6 Å². The minimum atomic E-state index is -4.09. The van der Waals surface area contributed by atoms with Crippen LogP contribution in [0.3, 0.4) is 0 Å². The minimum Gasteiger partial charge on any atom is -0.369 e. The van der Waals surface area contributed by atoms with E-state index in [1.807, 2.05) is 0 Å². The second kappa shape index (κ2) is 5.01. The normalized spacial score (nSPS) is 15.1. The first-order chi connectivity index (χ1) is 8.19. The van der Waals surface area contributed by atoms with Crippen molar-refractivity contribution in [1.82, 2.24) is 0 Å². The number of primary amides is 1. The summed E-state index contributed by atoms with van der Waals surface area (Å²) in [5, 5.41) is -2.99. The van der Waals surface area contributed by atoms with Crippen LogP contribution in [0.5, 0.6) is 0 Å². The van der Waals surface area contributed by atoms with Gasteiger partial charge in [0.1, 0.15) is 16.9 Å². The maximum atomic E-state index is 13.5. The molecule has 0 saturated heterocycles. The maximum Gasteiger partial charge on any atom is 0.235 e. The molecule has 1 rings (SSSR count). The highest BCUT2D eigenvalue weighted by atomic mass is 32.2. The van der Waals surface area contributed by atoms with Crippen LogP contribution in [0.2, 0.25) is 0 Å². The summed E-state index contributed by atoms with van der Waals surface area (Å²) in [6, 6.07) is 3.05. The molecule has 0 aliphatic heterocycles. The fourth-order valence-corrected chi connectivity index (χ4v) is 3.02. The summed E-state index contributed by atoms with van der Waals surface area (Å²) in [6.07, 6.45) is 0. The van der Waals surface area contributed by atoms with Gasteiger partial charge in [0.05, 0.1) is 5.25 Å². The molecule has 0 radical (unpaired) electrons. The fraction of sp³-hybridized carbons (Fsp3) is 0.364. The van der Waals surface area contributed by atoms with Crippen molar-refractivity contribution in [1.29, 1.82) is 0 Å². The Morgan fingerprint density at radius 2 is 1.67 bits per heavy atom. The maximum absolute atomic E-state index is 13.5. The molecule has 1 aromatic rings. The Labute approximate surface area is 104 Å². The number of benzene rings is 1. The summed E-state index contributed by atoms with van der Waals surface area (Å²) in [5.74, 6) is -3.00. The topological polar surface area (TPSA) is 77.2 Å². The standard InChI is InChI=1S/C11H13F2NO3S/c1-6(18(16,17)7(2)11(14)15)10-8(12)4-3-5-9(10)13/h3-7H,1-2H3,(H2,14,15). The lowest BCUT2D eigenvalue weighted by Gasteiger charge is -2.17. The summed E-state index contributed by atoms with van der Waals surface area (Å²) in [4.78, 5) is 10.9. The molecule has 1 aromatic carbocycles. The zero-order valence-corrected chi connectivity index (χ0v) is 10.7. The van der Waals surface area contributed by atoms with E-state index in [2.05, 4.69) is 0 Å². The Kier molecular flexibility index (Phi) is 4.05. The predicted octanol–water partition coefficient (Wildman–Crippen LogP) is 1.31. The van der Waals surface area contributed by atoms with Crippen LogP contribution >= 0.6 is 0 Å². The van der Waals surface area contributed by atoms with Gasteiger partial charge in [-0.05, 0) is 26.0 Å². The Hall–Kier alpha value is -1.50. The van der Waals surface area contributed by atoms with Crippen LogP contribution in [0.15, 0.2) is 18.2 Å². The monoisotopic (exact) mass is 277 g/mol. The third kappa shape index (κ3) is 2.50. The molecule has 0 spiro atoms. The molecule has 2 atom stereocenters. The molecule has 100 valence electrons. The molecule has 0 fully saturated rings. The first-order valence-corrected chi connectivity index (χ1v) is 6.76. The van der Waals surface area contributed by atoms with Gasteiger partial charge in [-0.3, -0.25) is 4.79 Å². The van der Waals surface area contributed by atoms with Crippen molar-refractivity contribution in [3.8, 4) is 0 Å². The van der Waals surface area contributed by atoms with E-state index < -0.39 is 43.4 Å². The van der Waals surface area contributed by atoms with E-state index in [0.29, 0.717) is 0 Å². The Morgan fingerprint density at radius 3 is 2.06 bits per heavy atom. The fourth-order valence-electron chi connectivity index (χ4n) is 1.53. The van der Waals surface area contributed by atoms with Crippen LogP contribution in [-0.4, -0.2) is 19.6 Å². The first kappa shape index (κ1) is 14.6. The molecule has 7 heteroatoms. The van der Waals surface area contributed by atoms with Gasteiger partial charge in [0.15, 0.2) is 9.84 Å². The Bertz CT molecular complexity index is 551. The lowest BCUT2D eigenvalue weighted by atomic mass is 10.1. The second-order valence-corrected chi connectivity index (χ2v) is 6.50. The van der Waals surface area contributed by atoms with Crippen LogP contribution in [-0.2, 0) is 14.6 Å². The highest BCUT2D eigenvalue weighted by Crippen LogP contribution is 2.29. The van der Waals surface area contributed by atoms with Crippen molar-refractivity contribution in [3.63, 3.8) is 0 Å². The smallest absolute Gasteiger partial charge is 0.235 e. The summed E-state index contributed by atoms with van der Waals surface area (Å²) in [6.45, 7) is 2.21. The molecule has 4 nitrogen and oxygen atoms in total. The molecule has 0 aliphatic carbocycles. The number of carbonyl (C=O) groups is 1. The molecule has 2 unspecified atom stereocenters. The Balaban J connectivity index is 3.31. The van der Waals surface area contributed by atoms with Gasteiger partial charge in [-0.2, -0.15) is 0 Å². The van der Waals surface area contributed by atoms with Gasteiger partial charge in [-0.25, -0.2) is 17.2 Å². The largest absolute Gasteiger partial charge is 0.369 e. The van der Waals surface area contributed by atoms with E-state index in [9.17, 15) is 22.0 Å². The molecule has 0 bridgehead atoms. The van der Waals surface area contributed by atoms with Gasteiger partial charge < -0.3 is 5.73 Å². The molecule has 18 heavy (non-hydrogen) atoms. The van der Waals surface area contributed by atoms with Crippen molar-refractivity contribution < 1.29 is 22.0 Å². The number of nitrogens with two attached hydrogens (primary N) is 1. The SMILES string of the molecule is CC(C(N)=O)S(=O)(=O)C(C)c1c(F)cccc1F. The van der Waals surface area contributed by atoms with Gasteiger partial charge >= 0.3 is 0 Å². The first-order valence-electron chi connectivity index (χ1n) is 5.15. The third-order valence-corrected chi connectivity index (χ3v) is 5.23. The van der Waals surface area contributed by atoms with E-state index in [1.165, 1.54) is 0 Å². The van der Waals surface area contributed by atoms with E-state index in [0.717, 1.165) is 32.0 Å². The molecule has 2 N–H and O–H groups in total. The van der Waals surface area contributed by atoms with Crippen molar-refractivity contribution in [3.05, 3.63) is 35.4 Å². The molecule has 1 amide bonds. The lowest BCUT2D eigenvalue weighted by Crippen LogP contribution is -2.35. The van der Waals surface area contributed by atoms with E-state index in [4.69, 9.17) is 5.73 Å². The number of amides is 1. The molecule has 0 aliphatic rings. The van der Waals surface area contributed by atoms with Crippen molar-refractivity contribution in [2.75, 3.05) is 0 Å². The molecular formula is C11H13F2NO3S. The van der Waals surface area contributed by atoms with Crippen LogP contribution in [0.4, 0.5) is 8.78 Å². The number of halogens is 2. The molecule has 0 aromatic heterocycles. The molecule has 0 heterocycles. The predicted molar refractivity (Wildman–Crippen MR) is 62.3 cm³/mol. The van der Waals surface area contributed by atoms with Crippen LogP contribution in [0.1, 0.15) is 24.7 Å². The number of sulfone groups is 1. The quantitative estimate of drug-likeness (QED) is 0.901. The number of hydrogen-bond acceptors (Lipinski definition) is 3. The zero-order chi connectivity index (χ0) is 14.1. The average molecular weight is 277 g/mol.